The lowest BCUT2D eigenvalue weighted by Gasteiger charge is -2.11. The van der Waals surface area contributed by atoms with Crippen LogP contribution in [0.4, 0.5) is 4.39 Å². The van der Waals surface area contributed by atoms with Gasteiger partial charge >= 0.3 is 0 Å². The first-order valence-corrected chi connectivity index (χ1v) is 4.64. The second-order valence-corrected chi connectivity index (χ2v) is 3.55. The Labute approximate surface area is 84.5 Å². The van der Waals surface area contributed by atoms with E-state index in [4.69, 9.17) is 9.84 Å². The van der Waals surface area contributed by atoms with Gasteiger partial charge in [0.15, 0.2) is 0 Å². The van der Waals surface area contributed by atoms with Crippen LogP contribution in [-0.2, 0) is 0 Å². The highest BCUT2D eigenvalue weighted by atomic mass is 79.9. The number of hydrogen-bond acceptors (Lipinski definition) is 2. The molecule has 2 nitrogen and oxygen atoms in total. The Morgan fingerprint density at radius 1 is 1.62 bits per heavy atom. The van der Waals surface area contributed by atoms with E-state index in [2.05, 4.69) is 15.9 Å². The molecule has 0 bridgehead atoms. The maximum Gasteiger partial charge on any atom is 0.130 e. The molecule has 13 heavy (non-hydrogen) atoms. The summed E-state index contributed by atoms with van der Waals surface area (Å²) < 4.78 is 17.8. The van der Waals surface area contributed by atoms with Crippen molar-refractivity contribution in [3.8, 4) is 11.5 Å². The molecule has 0 radical (unpaired) electrons. The molecular formula is C9H10BrFO2. The molecule has 0 heterocycles. The number of hydrogen-bond donors (Lipinski definition) is 1. The number of phenolic OH excluding ortho intramolecular Hbond substituents is 1. The van der Waals surface area contributed by atoms with Gasteiger partial charge in [-0.15, -0.1) is 0 Å². The molecule has 1 N–H and O–H groups in total. The Morgan fingerprint density at radius 2 is 2.31 bits per heavy atom. The molecule has 1 aromatic carbocycles. The van der Waals surface area contributed by atoms with Crippen molar-refractivity contribution in [1.29, 1.82) is 0 Å². The van der Waals surface area contributed by atoms with Crippen LogP contribution >= 0.6 is 15.9 Å². The third-order valence-electron chi connectivity index (χ3n) is 1.47. The number of rotatable bonds is 3. The number of phenols is 1. The average Bonchev–Trinajstić information content (AvgIpc) is 2.11. The minimum absolute atomic E-state index is 0.139. The summed E-state index contributed by atoms with van der Waals surface area (Å²) in [7, 11) is 0. The maximum absolute atomic E-state index is 12.1. The van der Waals surface area contributed by atoms with Gasteiger partial charge < -0.3 is 9.84 Å². The van der Waals surface area contributed by atoms with Gasteiger partial charge in [-0.05, 0) is 41.1 Å². The van der Waals surface area contributed by atoms with Crippen molar-refractivity contribution in [3.63, 3.8) is 0 Å². The first-order valence-electron chi connectivity index (χ1n) is 3.84. The van der Waals surface area contributed by atoms with Crippen LogP contribution in [-0.4, -0.2) is 17.9 Å². The van der Waals surface area contributed by atoms with Crippen molar-refractivity contribution < 1.29 is 14.2 Å². The fourth-order valence-electron chi connectivity index (χ4n) is 0.825. The Bertz CT molecular complexity index is 291. The van der Waals surface area contributed by atoms with Gasteiger partial charge in [0.1, 0.15) is 24.3 Å². The van der Waals surface area contributed by atoms with E-state index in [9.17, 15) is 4.39 Å². The van der Waals surface area contributed by atoms with Crippen LogP contribution in [0, 0.1) is 0 Å². The quantitative estimate of drug-likeness (QED) is 0.892. The maximum atomic E-state index is 12.1. The van der Waals surface area contributed by atoms with Gasteiger partial charge in [0.2, 0.25) is 0 Å². The van der Waals surface area contributed by atoms with Crippen LogP contribution in [0.15, 0.2) is 22.7 Å². The highest BCUT2D eigenvalue weighted by molar-refractivity contribution is 9.10. The van der Waals surface area contributed by atoms with Crippen LogP contribution in [0.2, 0.25) is 0 Å². The summed E-state index contributed by atoms with van der Waals surface area (Å²) in [5, 5.41) is 9.16. The van der Waals surface area contributed by atoms with Crippen LogP contribution in [0.3, 0.4) is 0 Å². The van der Waals surface area contributed by atoms with E-state index >= 15 is 0 Å². The molecule has 1 rings (SSSR count). The Hall–Kier alpha value is -0.770. The first-order chi connectivity index (χ1) is 6.13. The van der Waals surface area contributed by atoms with Crippen molar-refractivity contribution >= 4 is 15.9 Å². The first kappa shape index (κ1) is 10.3. The number of aromatic hydroxyl groups is 1. The molecule has 0 spiro atoms. The second-order valence-electron chi connectivity index (χ2n) is 2.70. The van der Waals surface area contributed by atoms with Crippen molar-refractivity contribution in [2.45, 2.75) is 13.0 Å². The van der Waals surface area contributed by atoms with Crippen LogP contribution in [0.1, 0.15) is 6.92 Å². The van der Waals surface area contributed by atoms with Gasteiger partial charge in [0, 0.05) is 0 Å². The van der Waals surface area contributed by atoms with E-state index in [1.165, 1.54) is 6.07 Å². The van der Waals surface area contributed by atoms with Crippen LogP contribution in [0.25, 0.3) is 0 Å². The predicted molar refractivity (Wildman–Crippen MR) is 51.9 cm³/mol. The van der Waals surface area contributed by atoms with E-state index in [1.807, 2.05) is 0 Å². The molecule has 0 amide bonds. The monoisotopic (exact) mass is 248 g/mol. The van der Waals surface area contributed by atoms with E-state index < -0.39 is 12.8 Å². The van der Waals surface area contributed by atoms with Crippen molar-refractivity contribution in [1.82, 2.24) is 0 Å². The SMILES string of the molecule is CC(CF)Oc1ccc(O)c(Br)c1. The number of benzene rings is 1. The fraction of sp³-hybridized carbons (Fsp3) is 0.333. The molecule has 0 aliphatic rings. The molecule has 0 fully saturated rings. The minimum Gasteiger partial charge on any atom is -0.507 e. The van der Waals surface area contributed by atoms with Gasteiger partial charge in [0.05, 0.1) is 4.47 Å². The lowest BCUT2D eigenvalue weighted by molar-refractivity contribution is 0.182. The average molecular weight is 249 g/mol. The standard InChI is InChI=1S/C9H10BrFO2/c1-6(5-11)13-7-2-3-9(12)8(10)4-7/h2-4,6,12H,5H2,1H3. The zero-order valence-electron chi connectivity index (χ0n) is 7.13. The van der Waals surface area contributed by atoms with Gasteiger partial charge in [-0.2, -0.15) is 0 Å². The summed E-state index contributed by atoms with van der Waals surface area (Å²) in [6, 6.07) is 4.68. The topological polar surface area (TPSA) is 29.5 Å². The fourth-order valence-corrected chi connectivity index (χ4v) is 1.18. The molecule has 4 heteroatoms. The van der Waals surface area contributed by atoms with Gasteiger partial charge in [-0.1, -0.05) is 0 Å². The lowest BCUT2D eigenvalue weighted by atomic mass is 10.3. The Kier molecular flexibility index (Phi) is 3.54. The summed E-state index contributed by atoms with van der Waals surface area (Å²) in [6.07, 6.45) is -0.462. The third-order valence-corrected chi connectivity index (χ3v) is 2.11. The van der Waals surface area contributed by atoms with Crippen molar-refractivity contribution in [3.05, 3.63) is 22.7 Å². The van der Waals surface area contributed by atoms with E-state index in [0.717, 1.165) is 0 Å². The lowest BCUT2D eigenvalue weighted by Crippen LogP contribution is -2.13. The smallest absolute Gasteiger partial charge is 0.130 e. The highest BCUT2D eigenvalue weighted by Gasteiger charge is 2.04. The molecule has 0 saturated heterocycles. The number of alkyl halides is 1. The zero-order valence-corrected chi connectivity index (χ0v) is 8.71. The molecule has 1 atom stereocenters. The van der Waals surface area contributed by atoms with Crippen molar-refractivity contribution in [2.75, 3.05) is 6.67 Å². The molecular weight excluding hydrogens is 239 g/mol. The Balaban J connectivity index is 2.73. The van der Waals surface area contributed by atoms with E-state index in [-0.39, 0.29) is 5.75 Å². The summed E-state index contributed by atoms with van der Waals surface area (Å²) in [5.41, 5.74) is 0. The van der Waals surface area contributed by atoms with Gasteiger partial charge in [-0.25, -0.2) is 4.39 Å². The highest BCUT2D eigenvalue weighted by Crippen LogP contribution is 2.28. The van der Waals surface area contributed by atoms with Gasteiger partial charge in [-0.3, -0.25) is 0 Å². The largest absolute Gasteiger partial charge is 0.507 e. The minimum atomic E-state index is -0.529. The molecule has 0 saturated carbocycles. The molecule has 0 aliphatic carbocycles. The molecule has 0 aliphatic heterocycles. The Morgan fingerprint density at radius 3 is 2.85 bits per heavy atom. The number of ether oxygens (including phenoxy) is 1. The summed E-state index contributed by atoms with van der Waals surface area (Å²) in [4.78, 5) is 0. The molecule has 0 aromatic heterocycles. The molecule has 1 aromatic rings. The van der Waals surface area contributed by atoms with E-state index in [1.54, 1.807) is 19.1 Å². The summed E-state index contributed by atoms with van der Waals surface area (Å²) >= 11 is 3.13. The van der Waals surface area contributed by atoms with Crippen LogP contribution < -0.4 is 4.74 Å². The van der Waals surface area contributed by atoms with Crippen molar-refractivity contribution in [2.24, 2.45) is 0 Å². The van der Waals surface area contributed by atoms with E-state index in [0.29, 0.717) is 10.2 Å². The third kappa shape index (κ3) is 2.88. The summed E-state index contributed by atoms with van der Waals surface area (Å²) in [6.45, 7) is 1.11. The second kappa shape index (κ2) is 4.46. The normalized spacial score (nSPS) is 12.5. The van der Waals surface area contributed by atoms with Gasteiger partial charge in [0.25, 0.3) is 0 Å². The zero-order chi connectivity index (χ0) is 9.84. The summed E-state index contributed by atoms with van der Waals surface area (Å²) in [5.74, 6) is 0.676. The number of halogens is 2. The predicted octanol–water partition coefficient (Wildman–Crippen LogP) is 2.89. The molecule has 1 unspecified atom stereocenters. The molecule has 72 valence electrons. The van der Waals surface area contributed by atoms with Crippen LogP contribution in [0.5, 0.6) is 11.5 Å².